The number of para-hydroxylation sites is 2. The summed E-state index contributed by atoms with van der Waals surface area (Å²) in [5, 5.41) is 6.90. The highest BCUT2D eigenvalue weighted by Crippen LogP contribution is 2.56. The molecule has 0 unspecified atom stereocenters. The number of hydrogen-bond acceptors (Lipinski definition) is 6. The number of nitrogens with zero attached hydrogens (tertiary/aromatic N) is 3. The number of anilines is 2. The maximum Gasteiger partial charge on any atom is 0.266 e. The summed E-state index contributed by atoms with van der Waals surface area (Å²) in [7, 11) is 0. The Hall–Kier alpha value is -4.63. The number of amides is 3. The highest BCUT2D eigenvalue weighted by Gasteiger charge is 2.70. The lowest BCUT2D eigenvalue weighted by Gasteiger charge is -2.32. The molecule has 200 valence electrons. The molecule has 40 heavy (non-hydrogen) atoms. The summed E-state index contributed by atoms with van der Waals surface area (Å²) in [6.07, 6.45) is 0. The fraction of sp³-hybridized carbons (Fsp3) is 0.258. The molecule has 0 aliphatic carbocycles. The van der Waals surface area contributed by atoms with Gasteiger partial charge in [-0.15, -0.1) is 0 Å². The van der Waals surface area contributed by atoms with Gasteiger partial charge in [0, 0.05) is 24.2 Å². The molecular weight excluding hydrogens is 506 g/mol. The first-order chi connectivity index (χ1) is 19.2. The molecule has 9 nitrogen and oxygen atoms in total. The molecule has 9 heteroatoms. The zero-order valence-electron chi connectivity index (χ0n) is 22.2. The summed E-state index contributed by atoms with van der Waals surface area (Å²) in [5.41, 5.74) is 1.59. The second-order valence-corrected chi connectivity index (χ2v) is 11.1. The molecule has 3 amide bonds. The summed E-state index contributed by atoms with van der Waals surface area (Å²) in [5.74, 6) is -1.88. The van der Waals surface area contributed by atoms with Gasteiger partial charge in [-0.3, -0.25) is 29.1 Å². The van der Waals surface area contributed by atoms with Crippen molar-refractivity contribution >= 4 is 40.0 Å². The molecule has 0 saturated carbocycles. The molecule has 3 aliphatic rings. The Morgan fingerprint density at radius 2 is 1.65 bits per heavy atom. The molecule has 3 aromatic carbocycles. The number of carbonyl (C=O) groups excluding carboxylic acids is 3. The molecular formula is C31H27N5O4. The van der Waals surface area contributed by atoms with Gasteiger partial charge < -0.3 is 5.32 Å². The first-order valence-electron chi connectivity index (χ1n) is 13.4. The number of benzene rings is 3. The van der Waals surface area contributed by atoms with Gasteiger partial charge in [0.25, 0.3) is 5.56 Å². The van der Waals surface area contributed by atoms with Crippen LogP contribution in [0.1, 0.15) is 32.2 Å². The van der Waals surface area contributed by atoms with E-state index in [9.17, 15) is 19.2 Å². The van der Waals surface area contributed by atoms with Gasteiger partial charge in [0.15, 0.2) is 0 Å². The molecule has 1 spiro atoms. The third-order valence-electron chi connectivity index (χ3n) is 8.46. The van der Waals surface area contributed by atoms with Crippen LogP contribution < -0.4 is 21.1 Å². The van der Waals surface area contributed by atoms with Crippen LogP contribution in [0.3, 0.4) is 0 Å². The van der Waals surface area contributed by atoms with E-state index in [1.54, 1.807) is 41.0 Å². The fourth-order valence-corrected chi connectivity index (χ4v) is 6.88. The lowest BCUT2D eigenvalue weighted by atomic mass is 9.75. The van der Waals surface area contributed by atoms with Gasteiger partial charge in [0.05, 0.1) is 34.1 Å². The quantitative estimate of drug-likeness (QED) is 0.391. The average molecular weight is 534 g/mol. The van der Waals surface area contributed by atoms with Crippen LogP contribution in [-0.2, 0) is 19.9 Å². The molecule has 4 heterocycles. The van der Waals surface area contributed by atoms with Crippen molar-refractivity contribution in [2.75, 3.05) is 10.2 Å². The van der Waals surface area contributed by atoms with Crippen LogP contribution in [0.2, 0.25) is 0 Å². The Balaban J connectivity index is 1.45. The zero-order valence-corrected chi connectivity index (χ0v) is 22.2. The minimum absolute atomic E-state index is 0.0131. The highest BCUT2D eigenvalue weighted by atomic mass is 16.2. The van der Waals surface area contributed by atoms with Crippen LogP contribution >= 0.6 is 0 Å². The van der Waals surface area contributed by atoms with Crippen molar-refractivity contribution in [3.8, 4) is 5.69 Å². The monoisotopic (exact) mass is 533 g/mol. The van der Waals surface area contributed by atoms with Crippen molar-refractivity contribution in [3.05, 3.63) is 94.5 Å². The number of nitrogens with one attached hydrogen (secondary N) is 2. The van der Waals surface area contributed by atoms with Gasteiger partial charge in [0.2, 0.25) is 17.7 Å². The van der Waals surface area contributed by atoms with Crippen molar-refractivity contribution in [2.24, 2.45) is 17.8 Å². The minimum atomic E-state index is -1.17. The van der Waals surface area contributed by atoms with E-state index in [0.29, 0.717) is 33.8 Å². The Morgan fingerprint density at radius 3 is 2.38 bits per heavy atom. The lowest BCUT2D eigenvalue weighted by molar-refractivity contribution is -0.123. The van der Waals surface area contributed by atoms with Gasteiger partial charge in [-0.1, -0.05) is 44.2 Å². The summed E-state index contributed by atoms with van der Waals surface area (Å²) in [6.45, 7) is 5.47. The Morgan fingerprint density at radius 1 is 0.950 bits per heavy atom. The normalized spacial score (nSPS) is 24.6. The van der Waals surface area contributed by atoms with Gasteiger partial charge in [0.1, 0.15) is 11.4 Å². The molecule has 7 rings (SSSR count). The predicted molar refractivity (Wildman–Crippen MR) is 150 cm³/mol. The number of hydrogen-bond donors (Lipinski definition) is 2. The number of fused-ring (bicyclic) bond motifs is 8. The predicted octanol–water partition coefficient (Wildman–Crippen LogP) is 3.33. The molecule has 3 aliphatic heterocycles. The van der Waals surface area contributed by atoms with Crippen LogP contribution in [-0.4, -0.2) is 33.3 Å². The van der Waals surface area contributed by atoms with E-state index in [0.717, 1.165) is 5.56 Å². The molecule has 4 atom stereocenters. The maximum absolute atomic E-state index is 14.4. The average Bonchev–Trinajstić information content (AvgIpc) is 3.53. The van der Waals surface area contributed by atoms with Crippen molar-refractivity contribution in [2.45, 2.75) is 32.4 Å². The van der Waals surface area contributed by atoms with Crippen molar-refractivity contribution < 1.29 is 14.4 Å². The second-order valence-electron chi connectivity index (χ2n) is 11.1. The number of aromatic nitrogens is 2. The van der Waals surface area contributed by atoms with E-state index in [2.05, 4.69) is 10.6 Å². The van der Waals surface area contributed by atoms with Gasteiger partial charge in [-0.05, 0) is 48.4 Å². The van der Waals surface area contributed by atoms with Crippen LogP contribution in [0.25, 0.3) is 16.6 Å². The molecule has 4 aromatic rings. The van der Waals surface area contributed by atoms with Crippen molar-refractivity contribution in [3.63, 3.8) is 0 Å². The zero-order chi connectivity index (χ0) is 27.9. The molecule has 0 radical (unpaired) electrons. The Bertz CT molecular complexity index is 1810. The van der Waals surface area contributed by atoms with Crippen LogP contribution in [0.15, 0.2) is 77.6 Å². The van der Waals surface area contributed by atoms with Gasteiger partial charge in [-0.2, -0.15) is 0 Å². The van der Waals surface area contributed by atoms with E-state index in [1.807, 2.05) is 50.2 Å². The lowest BCUT2D eigenvalue weighted by Crippen LogP contribution is -2.51. The highest BCUT2D eigenvalue weighted by molar-refractivity contribution is 6.23. The van der Waals surface area contributed by atoms with Crippen LogP contribution in [0, 0.1) is 17.8 Å². The summed E-state index contributed by atoms with van der Waals surface area (Å²) < 4.78 is 1.60. The SMILES string of the molecule is CC(=O)Nc1ccc(N2C(=O)[C@@H]3[C@H](C(C)C)N[C@]4(c5ccccc5-n5c4nc4ccccc4c5=O)[C@H]3C2=O)cc1. The molecule has 2 saturated heterocycles. The minimum Gasteiger partial charge on any atom is -0.326 e. The van der Waals surface area contributed by atoms with E-state index in [1.165, 1.54) is 11.8 Å². The summed E-state index contributed by atoms with van der Waals surface area (Å²) in [4.78, 5) is 60.2. The van der Waals surface area contributed by atoms with Gasteiger partial charge in [-0.25, -0.2) is 9.88 Å². The smallest absolute Gasteiger partial charge is 0.266 e. The first-order valence-corrected chi connectivity index (χ1v) is 13.4. The first kappa shape index (κ1) is 24.4. The Labute approximate surface area is 229 Å². The summed E-state index contributed by atoms with van der Waals surface area (Å²) in [6, 6.07) is 21.1. The third kappa shape index (κ3) is 3.09. The molecule has 2 N–H and O–H groups in total. The van der Waals surface area contributed by atoms with Gasteiger partial charge >= 0.3 is 0 Å². The largest absolute Gasteiger partial charge is 0.326 e. The van der Waals surface area contributed by atoms with E-state index in [-0.39, 0.29) is 35.2 Å². The topological polar surface area (TPSA) is 113 Å². The van der Waals surface area contributed by atoms with E-state index in [4.69, 9.17) is 4.98 Å². The van der Waals surface area contributed by atoms with E-state index < -0.39 is 17.4 Å². The number of rotatable bonds is 3. The maximum atomic E-state index is 14.4. The van der Waals surface area contributed by atoms with Crippen molar-refractivity contribution in [1.82, 2.24) is 14.9 Å². The van der Waals surface area contributed by atoms with Crippen molar-refractivity contribution in [1.29, 1.82) is 0 Å². The van der Waals surface area contributed by atoms with E-state index >= 15 is 0 Å². The Kier molecular flexibility index (Phi) is 5.15. The molecule has 2 fully saturated rings. The van der Waals surface area contributed by atoms with Crippen LogP contribution in [0.5, 0.6) is 0 Å². The summed E-state index contributed by atoms with van der Waals surface area (Å²) >= 11 is 0. The second kappa shape index (κ2) is 8.43. The number of imide groups is 1. The fourth-order valence-electron chi connectivity index (χ4n) is 6.88. The number of carbonyl (C=O) groups is 3. The van der Waals surface area contributed by atoms with Crippen LogP contribution in [0.4, 0.5) is 11.4 Å². The molecule has 0 bridgehead atoms. The third-order valence-corrected chi connectivity index (χ3v) is 8.46. The molecule has 1 aromatic heterocycles. The standard InChI is InChI=1S/C31H27N5O4/c1-16(2)26-24-25(29(40)35(28(24)39)19-14-12-18(13-15-19)32-17(3)37)31(34-26)21-9-5-7-11-23(21)36-27(38)20-8-4-6-10-22(20)33-30(31)36/h4-16,24-26,34H,1-3H3,(H,32,37)/t24-,25+,26-,31+/m0/s1.